The molecule has 0 bridgehead atoms. The van der Waals surface area contributed by atoms with Crippen LogP contribution in [-0.2, 0) is 14.3 Å². The predicted octanol–water partition coefficient (Wildman–Crippen LogP) is 0.515. The molecule has 0 aromatic carbocycles. The molecule has 0 N–H and O–H groups in total. The number of hydrogen-bond acceptors (Lipinski definition) is 3. The van der Waals surface area contributed by atoms with Crippen molar-refractivity contribution in [1.82, 2.24) is 0 Å². The minimum Gasteiger partial charge on any atom is -0.267 e. The van der Waals surface area contributed by atoms with E-state index in [1.54, 1.807) is 6.92 Å². The Kier molecular flexibility index (Phi) is 1.77. The maximum atomic E-state index is 10.6. The summed E-state index contributed by atoms with van der Waals surface area (Å²) in [6.07, 6.45) is 1.81. The third kappa shape index (κ3) is 2.32. The molecule has 0 aromatic heterocycles. The zero-order chi connectivity index (χ0) is 6.91. The van der Waals surface area contributed by atoms with Gasteiger partial charge in [0.05, 0.1) is 11.9 Å². The van der Waals surface area contributed by atoms with Gasteiger partial charge in [-0.3, -0.25) is 4.18 Å². The average molecular weight is 150 g/mol. The second-order valence-corrected chi connectivity index (χ2v) is 4.03. The summed E-state index contributed by atoms with van der Waals surface area (Å²) in [5.74, 6) is 0.0868. The summed E-state index contributed by atoms with van der Waals surface area (Å²) in [6, 6.07) is 0. The molecule has 0 saturated heterocycles. The summed E-state index contributed by atoms with van der Waals surface area (Å²) in [4.78, 5) is 0. The van der Waals surface area contributed by atoms with E-state index in [2.05, 4.69) is 4.18 Å². The van der Waals surface area contributed by atoms with Crippen molar-refractivity contribution in [3.05, 3.63) is 0 Å². The highest BCUT2D eigenvalue weighted by molar-refractivity contribution is 7.86. The first-order chi connectivity index (χ1) is 4.14. The van der Waals surface area contributed by atoms with Crippen molar-refractivity contribution in [2.24, 2.45) is 0 Å². The van der Waals surface area contributed by atoms with Crippen molar-refractivity contribution in [2.75, 3.05) is 5.75 Å². The van der Waals surface area contributed by atoms with E-state index in [0.717, 1.165) is 12.8 Å². The standard InChI is InChI=1S/C5H10O3S/c1-2-9(6,7)8-5-3-4-5/h5H,2-4H2,1H3. The summed E-state index contributed by atoms with van der Waals surface area (Å²) < 4.78 is 25.9. The lowest BCUT2D eigenvalue weighted by Gasteiger charge is -1.97. The molecule has 54 valence electrons. The van der Waals surface area contributed by atoms with Crippen LogP contribution in [0.25, 0.3) is 0 Å². The molecule has 4 heteroatoms. The maximum absolute atomic E-state index is 10.6. The Labute approximate surface area is 55.1 Å². The summed E-state index contributed by atoms with van der Waals surface area (Å²) >= 11 is 0. The first-order valence-corrected chi connectivity index (χ1v) is 4.63. The molecule has 0 unspecified atom stereocenters. The SMILES string of the molecule is CCS(=O)(=O)OC1CC1. The van der Waals surface area contributed by atoms with Crippen LogP contribution in [0.3, 0.4) is 0 Å². The fourth-order valence-corrected chi connectivity index (χ4v) is 1.18. The van der Waals surface area contributed by atoms with Crippen LogP contribution < -0.4 is 0 Å². The van der Waals surface area contributed by atoms with Gasteiger partial charge in [0.1, 0.15) is 0 Å². The molecule has 9 heavy (non-hydrogen) atoms. The van der Waals surface area contributed by atoms with Gasteiger partial charge < -0.3 is 0 Å². The van der Waals surface area contributed by atoms with Gasteiger partial charge in [-0.15, -0.1) is 0 Å². The largest absolute Gasteiger partial charge is 0.267 e. The monoisotopic (exact) mass is 150 g/mol. The molecule has 0 heterocycles. The summed E-state index contributed by atoms with van der Waals surface area (Å²) in [5.41, 5.74) is 0. The van der Waals surface area contributed by atoms with Crippen LogP contribution in [0.1, 0.15) is 19.8 Å². The zero-order valence-corrected chi connectivity index (χ0v) is 6.15. The van der Waals surface area contributed by atoms with E-state index in [0.29, 0.717) is 0 Å². The van der Waals surface area contributed by atoms with Crippen LogP contribution in [-0.4, -0.2) is 20.3 Å². The van der Waals surface area contributed by atoms with Crippen LogP contribution in [0.15, 0.2) is 0 Å². The number of hydrogen-bond donors (Lipinski definition) is 0. The molecule has 0 atom stereocenters. The van der Waals surface area contributed by atoms with E-state index in [9.17, 15) is 8.42 Å². The summed E-state index contributed by atoms with van der Waals surface area (Å²) in [5, 5.41) is 0. The van der Waals surface area contributed by atoms with Gasteiger partial charge >= 0.3 is 0 Å². The molecule has 0 aliphatic heterocycles. The van der Waals surface area contributed by atoms with Gasteiger partial charge in [-0.25, -0.2) is 0 Å². The van der Waals surface area contributed by atoms with Crippen molar-refractivity contribution in [3.8, 4) is 0 Å². The Morgan fingerprint density at radius 3 is 2.44 bits per heavy atom. The quantitative estimate of drug-likeness (QED) is 0.551. The van der Waals surface area contributed by atoms with Crippen LogP contribution >= 0.6 is 0 Å². The highest BCUT2D eigenvalue weighted by Gasteiger charge is 2.27. The van der Waals surface area contributed by atoms with E-state index in [4.69, 9.17) is 0 Å². The third-order valence-electron chi connectivity index (χ3n) is 1.16. The second kappa shape index (κ2) is 2.27. The first-order valence-electron chi connectivity index (χ1n) is 3.05. The van der Waals surface area contributed by atoms with Gasteiger partial charge in [0.2, 0.25) is 0 Å². The lowest BCUT2D eigenvalue weighted by atomic mass is 10.9. The minimum absolute atomic E-state index is 0.00921. The maximum Gasteiger partial charge on any atom is 0.267 e. The highest BCUT2D eigenvalue weighted by Crippen LogP contribution is 2.25. The average Bonchev–Trinajstić information content (AvgIpc) is 2.50. The van der Waals surface area contributed by atoms with Gasteiger partial charge in [-0.05, 0) is 19.8 Å². The lowest BCUT2D eigenvalue weighted by molar-refractivity contribution is 0.306. The Hall–Kier alpha value is -0.0900. The molecule has 0 amide bonds. The van der Waals surface area contributed by atoms with Crippen molar-refractivity contribution >= 4 is 10.1 Å². The Bertz CT molecular complexity index is 178. The van der Waals surface area contributed by atoms with Crippen molar-refractivity contribution in [3.63, 3.8) is 0 Å². The smallest absolute Gasteiger partial charge is 0.267 e. The molecule has 3 nitrogen and oxygen atoms in total. The van der Waals surface area contributed by atoms with Gasteiger partial charge in [0, 0.05) is 0 Å². The van der Waals surface area contributed by atoms with Crippen molar-refractivity contribution in [2.45, 2.75) is 25.9 Å². The van der Waals surface area contributed by atoms with E-state index in [-0.39, 0.29) is 11.9 Å². The highest BCUT2D eigenvalue weighted by atomic mass is 32.2. The summed E-state index contributed by atoms with van der Waals surface area (Å²) in [7, 11) is -3.16. The molecule has 1 fully saturated rings. The van der Waals surface area contributed by atoms with Crippen molar-refractivity contribution < 1.29 is 12.6 Å². The van der Waals surface area contributed by atoms with Gasteiger partial charge in [-0.1, -0.05) is 0 Å². The molecule has 1 aliphatic rings. The van der Waals surface area contributed by atoms with Gasteiger partial charge in [0.25, 0.3) is 10.1 Å². The second-order valence-electron chi connectivity index (χ2n) is 2.14. The topological polar surface area (TPSA) is 43.4 Å². The van der Waals surface area contributed by atoms with Crippen LogP contribution in [0.4, 0.5) is 0 Å². The van der Waals surface area contributed by atoms with Crippen molar-refractivity contribution in [1.29, 1.82) is 0 Å². The molecule has 0 spiro atoms. The van der Waals surface area contributed by atoms with Crippen LogP contribution in [0, 0.1) is 0 Å². The Morgan fingerprint density at radius 2 is 2.11 bits per heavy atom. The van der Waals surface area contributed by atoms with Gasteiger partial charge in [-0.2, -0.15) is 8.42 Å². The fraction of sp³-hybridized carbons (Fsp3) is 1.00. The van der Waals surface area contributed by atoms with Crippen LogP contribution in [0.2, 0.25) is 0 Å². The fourth-order valence-electron chi connectivity index (χ4n) is 0.440. The molecular formula is C5H10O3S. The summed E-state index contributed by atoms with van der Waals surface area (Å²) in [6.45, 7) is 1.58. The Morgan fingerprint density at radius 1 is 1.56 bits per heavy atom. The van der Waals surface area contributed by atoms with E-state index >= 15 is 0 Å². The van der Waals surface area contributed by atoms with E-state index in [1.165, 1.54) is 0 Å². The molecule has 1 rings (SSSR count). The number of rotatable bonds is 3. The predicted molar refractivity (Wildman–Crippen MR) is 33.6 cm³/mol. The lowest BCUT2D eigenvalue weighted by Crippen LogP contribution is -2.08. The molecule has 1 aliphatic carbocycles. The molecular weight excluding hydrogens is 140 g/mol. The first kappa shape index (κ1) is 7.02. The van der Waals surface area contributed by atoms with E-state index < -0.39 is 10.1 Å². The Balaban J connectivity index is 2.40. The normalized spacial score (nSPS) is 20.1. The van der Waals surface area contributed by atoms with Gasteiger partial charge in [0.15, 0.2) is 0 Å². The minimum atomic E-state index is -3.16. The zero-order valence-electron chi connectivity index (χ0n) is 5.33. The van der Waals surface area contributed by atoms with E-state index in [1.807, 2.05) is 0 Å². The molecule has 0 radical (unpaired) electrons. The van der Waals surface area contributed by atoms with Crippen LogP contribution in [0.5, 0.6) is 0 Å². The molecule has 0 aromatic rings. The molecule has 1 saturated carbocycles. The third-order valence-corrected chi connectivity index (χ3v) is 2.43.